The Hall–Kier alpha value is -1.39. The Morgan fingerprint density at radius 3 is 3.00 bits per heavy atom. The van der Waals surface area contributed by atoms with Crippen LogP contribution in [0.1, 0.15) is 11.5 Å². The lowest BCUT2D eigenvalue weighted by Crippen LogP contribution is -2.01. The van der Waals surface area contributed by atoms with Gasteiger partial charge >= 0.3 is 0 Å². The molecule has 0 radical (unpaired) electrons. The van der Waals surface area contributed by atoms with Crippen LogP contribution >= 0.6 is 11.3 Å². The fourth-order valence-corrected chi connectivity index (χ4v) is 3.01. The molecular formula is C11H11N3S. The molecule has 0 atom stereocenters. The van der Waals surface area contributed by atoms with E-state index in [1.807, 2.05) is 13.0 Å². The maximum atomic E-state index is 5.70. The van der Waals surface area contributed by atoms with Gasteiger partial charge in [0.15, 0.2) is 0 Å². The predicted molar refractivity (Wildman–Crippen MR) is 63.2 cm³/mol. The van der Waals surface area contributed by atoms with Crippen molar-refractivity contribution in [3.8, 4) is 0 Å². The van der Waals surface area contributed by atoms with Crippen LogP contribution < -0.4 is 5.73 Å². The largest absolute Gasteiger partial charge is 0.324 e. The molecule has 4 heteroatoms. The summed E-state index contributed by atoms with van der Waals surface area (Å²) in [7, 11) is 0. The molecule has 0 bridgehead atoms. The molecule has 2 aromatic heterocycles. The maximum absolute atomic E-state index is 5.70. The number of nitrogens with two attached hydrogens (primary N) is 1. The Kier molecular flexibility index (Phi) is 1.81. The number of nitrogens with zero attached hydrogens (tertiary/aromatic N) is 2. The van der Waals surface area contributed by atoms with Crippen LogP contribution in [0.4, 0.5) is 0 Å². The summed E-state index contributed by atoms with van der Waals surface area (Å²) in [6.07, 6.45) is 0. The molecule has 15 heavy (non-hydrogen) atoms. The van der Waals surface area contributed by atoms with Crippen LogP contribution in [0, 0.1) is 6.92 Å². The standard InChI is InChI=1S/C11H11N3S/c1-7-11-14(10(6-12)13-7)8-4-2-3-5-9(8)15-11/h2-5H,6,12H2,1H3. The van der Waals surface area contributed by atoms with Gasteiger partial charge in [0.2, 0.25) is 0 Å². The van der Waals surface area contributed by atoms with E-state index < -0.39 is 0 Å². The van der Waals surface area contributed by atoms with Gasteiger partial charge in [0, 0.05) is 0 Å². The van der Waals surface area contributed by atoms with Crippen LogP contribution in [0.5, 0.6) is 0 Å². The average molecular weight is 217 g/mol. The molecule has 3 aromatic rings. The number of benzene rings is 1. The van der Waals surface area contributed by atoms with Gasteiger partial charge in [-0.2, -0.15) is 0 Å². The van der Waals surface area contributed by atoms with E-state index in [4.69, 9.17) is 5.73 Å². The molecule has 3 nitrogen and oxygen atoms in total. The minimum absolute atomic E-state index is 0.482. The van der Waals surface area contributed by atoms with Crippen molar-refractivity contribution < 1.29 is 0 Å². The maximum Gasteiger partial charge on any atom is 0.128 e. The molecule has 1 aromatic carbocycles. The highest BCUT2D eigenvalue weighted by atomic mass is 32.1. The summed E-state index contributed by atoms with van der Waals surface area (Å²) in [6.45, 7) is 2.51. The van der Waals surface area contributed by atoms with Gasteiger partial charge in [-0.15, -0.1) is 11.3 Å². The van der Waals surface area contributed by atoms with Crippen LogP contribution in [0.3, 0.4) is 0 Å². The second kappa shape index (κ2) is 3.05. The lowest BCUT2D eigenvalue weighted by atomic mass is 10.3. The SMILES string of the molecule is Cc1nc(CN)n2c1sc1ccccc12. The quantitative estimate of drug-likeness (QED) is 0.679. The second-order valence-corrected chi connectivity index (χ2v) is 4.56. The highest BCUT2D eigenvalue weighted by Gasteiger charge is 2.12. The molecule has 0 saturated heterocycles. The summed E-state index contributed by atoms with van der Waals surface area (Å²) in [4.78, 5) is 5.67. The van der Waals surface area contributed by atoms with Crippen molar-refractivity contribution in [3.05, 3.63) is 35.8 Å². The van der Waals surface area contributed by atoms with Crippen molar-refractivity contribution in [2.45, 2.75) is 13.5 Å². The van der Waals surface area contributed by atoms with E-state index in [-0.39, 0.29) is 0 Å². The Balaban J connectivity index is 2.56. The van der Waals surface area contributed by atoms with E-state index in [0.29, 0.717) is 6.54 Å². The number of para-hydroxylation sites is 1. The molecule has 0 amide bonds. The number of hydrogen-bond acceptors (Lipinski definition) is 3. The van der Waals surface area contributed by atoms with E-state index in [9.17, 15) is 0 Å². The molecule has 0 aliphatic carbocycles. The molecule has 0 unspecified atom stereocenters. The van der Waals surface area contributed by atoms with Crippen molar-refractivity contribution >= 4 is 26.4 Å². The van der Waals surface area contributed by atoms with Crippen molar-refractivity contribution in [1.82, 2.24) is 9.38 Å². The Morgan fingerprint density at radius 1 is 1.40 bits per heavy atom. The third-order valence-corrected chi connectivity index (χ3v) is 3.80. The van der Waals surface area contributed by atoms with Crippen LogP contribution in [0.25, 0.3) is 15.0 Å². The van der Waals surface area contributed by atoms with Crippen LogP contribution in [-0.2, 0) is 6.54 Å². The Morgan fingerprint density at radius 2 is 2.20 bits per heavy atom. The monoisotopic (exact) mass is 217 g/mol. The number of imidazole rings is 1. The van der Waals surface area contributed by atoms with Gasteiger partial charge in [0.05, 0.1) is 22.5 Å². The number of aryl methyl sites for hydroxylation is 1. The second-order valence-electron chi connectivity index (χ2n) is 3.53. The van der Waals surface area contributed by atoms with E-state index in [2.05, 4.69) is 27.6 Å². The highest BCUT2D eigenvalue weighted by molar-refractivity contribution is 7.24. The van der Waals surface area contributed by atoms with Crippen molar-refractivity contribution in [2.75, 3.05) is 0 Å². The van der Waals surface area contributed by atoms with E-state index >= 15 is 0 Å². The fourth-order valence-electron chi connectivity index (χ4n) is 1.91. The number of aromatic nitrogens is 2. The third kappa shape index (κ3) is 1.12. The van der Waals surface area contributed by atoms with Crippen LogP contribution in [0.2, 0.25) is 0 Å². The third-order valence-electron chi connectivity index (χ3n) is 2.56. The number of hydrogen-bond donors (Lipinski definition) is 1. The summed E-state index contributed by atoms with van der Waals surface area (Å²) in [5, 5.41) is 0. The zero-order valence-electron chi connectivity index (χ0n) is 8.40. The van der Waals surface area contributed by atoms with Gasteiger partial charge in [-0.1, -0.05) is 12.1 Å². The Bertz CT molecular complexity index is 636. The normalized spacial score (nSPS) is 11.6. The number of fused-ring (bicyclic) bond motifs is 3. The molecule has 76 valence electrons. The minimum Gasteiger partial charge on any atom is -0.324 e. The number of thiazole rings is 1. The van der Waals surface area contributed by atoms with Gasteiger partial charge in [-0.25, -0.2) is 4.98 Å². The fraction of sp³-hybridized carbons (Fsp3) is 0.182. The molecule has 2 N–H and O–H groups in total. The van der Waals surface area contributed by atoms with Gasteiger partial charge in [0.25, 0.3) is 0 Å². The zero-order chi connectivity index (χ0) is 10.4. The van der Waals surface area contributed by atoms with Crippen molar-refractivity contribution in [2.24, 2.45) is 5.73 Å². The smallest absolute Gasteiger partial charge is 0.128 e. The molecular weight excluding hydrogens is 206 g/mol. The van der Waals surface area contributed by atoms with Crippen molar-refractivity contribution in [1.29, 1.82) is 0 Å². The van der Waals surface area contributed by atoms with E-state index in [0.717, 1.165) is 11.5 Å². The lowest BCUT2D eigenvalue weighted by molar-refractivity contribution is 0.917. The average Bonchev–Trinajstić information content (AvgIpc) is 2.77. The summed E-state index contributed by atoms with van der Waals surface area (Å²) in [5.41, 5.74) is 7.97. The van der Waals surface area contributed by atoms with E-state index in [1.165, 1.54) is 15.0 Å². The van der Waals surface area contributed by atoms with Gasteiger partial charge in [0.1, 0.15) is 10.7 Å². The molecule has 0 aliphatic heterocycles. The molecule has 0 spiro atoms. The first kappa shape index (κ1) is 8.88. The molecule has 2 heterocycles. The zero-order valence-corrected chi connectivity index (χ0v) is 9.21. The first-order valence-electron chi connectivity index (χ1n) is 4.87. The number of rotatable bonds is 1. The minimum atomic E-state index is 0.482. The summed E-state index contributed by atoms with van der Waals surface area (Å²) >= 11 is 1.77. The lowest BCUT2D eigenvalue weighted by Gasteiger charge is -1.94. The molecule has 0 fully saturated rings. The van der Waals surface area contributed by atoms with Crippen LogP contribution in [-0.4, -0.2) is 9.38 Å². The van der Waals surface area contributed by atoms with E-state index in [1.54, 1.807) is 11.3 Å². The summed E-state index contributed by atoms with van der Waals surface area (Å²) < 4.78 is 3.45. The highest BCUT2D eigenvalue weighted by Crippen LogP contribution is 2.29. The molecule has 0 saturated carbocycles. The van der Waals surface area contributed by atoms with Gasteiger partial charge < -0.3 is 5.73 Å². The van der Waals surface area contributed by atoms with Gasteiger partial charge in [-0.3, -0.25) is 4.40 Å². The van der Waals surface area contributed by atoms with Crippen molar-refractivity contribution in [3.63, 3.8) is 0 Å². The predicted octanol–water partition coefficient (Wildman–Crippen LogP) is 2.32. The summed E-state index contributed by atoms with van der Waals surface area (Å²) in [6, 6.07) is 8.35. The summed E-state index contributed by atoms with van der Waals surface area (Å²) in [5.74, 6) is 0.944. The first-order chi connectivity index (χ1) is 7.31. The molecule has 0 aliphatic rings. The van der Waals surface area contributed by atoms with Crippen LogP contribution in [0.15, 0.2) is 24.3 Å². The first-order valence-corrected chi connectivity index (χ1v) is 5.68. The van der Waals surface area contributed by atoms with Gasteiger partial charge in [-0.05, 0) is 19.1 Å². The topological polar surface area (TPSA) is 43.3 Å². The molecule has 3 rings (SSSR count). The Labute approximate surface area is 91.2 Å².